The Morgan fingerprint density at radius 2 is 1.17 bits per heavy atom. The fourth-order valence-corrected chi connectivity index (χ4v) is 5.04. The highest BCUT2D eigenvalue weighted by molar-refractivity contribution is 6.16. The Morgan fingerprint density at radius 3 is 1.67 bits per heavy atom. The molecule has 0 aromatic heterocycles. The second-order valence-electron chi connectivity index (χ2n) is 11.4. The average Bonchev–Trinajstić information content (AvgIpc) is 3.02. The highest BCUT2D eigenvalue weighted by Crippen LogP contribution is 2.45. The van der Waals surface area contributed by atoms with Gasteiger partial charge in [-0.15, -0.1) is 0 Å². The van der Waals surface area contributed by atoms with Crippen LogP contribution in [0.2, 0.25) is 0 Å². The van der Waals surface area contributed by atoms with E-state index in [1.807, 2.05) is 13.8 Å². The first-order chi connectivity index (χ1) is 22.8. The molecule has 3 heterocycles. The molecule has 14 nitrogen and oxygen atoms in total. The van der Waals surface area contributed by atoms with Gasteiger partial charge in [0.2, 0.25) is 0 Å². The lowest BCUT2D eigenvalue weighted by Crippen LogP contribution is -2.56. The maximum absolute atomic E-state index is 12.8. The van der Waals surface area contributed by atoms with Crippen molar-refractivity contribution in [1.29, 1.82) is 0 Å². The molecule has 0 atom stereocenters. The Bertz CT molecular complexity index is 1480. The number of carbonyl (C=O) groups is 7. The number of ether oxygens (including phenoxy) is 7. The van der Waals surface area contributed by atoms with Gasteiger partial charge in [0.25, 0.3) is 17.4 Å². The minimum absolute atomic E-state index is 0.0206. The van der Waals surface area contributed by atoms with Gasteiger partial charge in [-0.05, 0) is 31.9 Å². The highest BCUT2D eigenvalue weighted by atomic mass is 16.8. The third kappa shape index (κ3) is 8.55. The third-order valence-electron chi connectivity index (χ3n) is 7.61. The van der Waals surface area contributed by atoms with Crippen molar-refractivity contribution in [2.75, 3.05) is 6.61 Å². The first kappa shape index (κ1) is 35.6. The lowest BCUT2D eigenvalue weighted by molar-refractivity contribution is -0.291. The Balaban J connectivity index is 1.28. The molecule has 1 saturated carbocycles. The number of esters is 7. The summed E-state index contributed by atoms with van der Waals surface area (Å²) in [4.78, 5) is 87.3. The zero-order valence-electron chi connectivity index (χ0n) is 26.8. The Morgan fingerprint density at radius 1 is 0.688 bits per heavy atom. The fraction of sp³-hybridized carbons (Fsp3) is 0.441. The van der Waals surface area contributed by atoms with Gasteiger partial charge in [-0.2, -0.15) is 0 Å². The van der Waals surface area contributed by atoms with Crippen LogP contribution in [-0.2, 0) is 66.7 Å². The molecule has 2 spiro atoms. The summed E-state index contributed by atoms with van der Waals surface area (Å²) in [5.41, 5.74) is -1.02. The quantitative estimate of drug-likeness (QED) is 0.108. The van der Waals surface area contributed by atoms with Crippen LogP contribution in [0.25, 0.3) is 0 Å². The standard InChI is InChI=1S/C34H36O14/c1-4-6-7-9-12-23-28(38)45-33(46-29(23)39)17-19-34(20-18-33)47-30(40)24(31(41)48-34)14-11-8-10-13-22-26(36)43-32(3,44-27(22)37)16-15-25(35)42-21-5-2/h4,6-10,12-14H,5,11,15-21H2,1-3H3. The van der Waals surface area contributed by atoms with Gasteiger partial charge in [0, 0.05) is 39.0 Å². The number of cyclic esters (lactones) is 2. The first-order valence-electron chi connectivity index (χ1n) is 15.5. The minimum Gasteiger partial charge on any atom is -0.466 e. The Hall–Kier alpha value is -5.27. The van der Waals surface area contributed by atoms with Crippen LogP contribution >= 0.6 is 0 Å². The normalized spacial score (nSPS) is 27.5. The molecule has 3 aliphatic heterocycles. The Labute approximate surface area is 276 Å². The predicted molar refractivity (Wildman–Crippen MR) is 161 cm³/mol. The van der Waals surface area contributed by atoms with Crippen LogP contribution < -0.4 is 0 Å². The lowest BCUT2D eigenvalue weighted by Gasteiger charge is -2.46. The summed E-state index contributed by atoms with van der Waals surface area (Å²) in [5.74, 6) is -10.8. The van der Waals surface area contributed by atoms with Crippen molar-refractivity contribution in [3.8, 4) is 0 Å². The van der Waals surface area contributed by atoms with Crippen molar-refractivity contribution in [3.05, 3.63) is 71.4 Å². The number of hydrogen-bond acceptors (Lipinski definition) is 14. The number of rotatable bonds is 10. The van der Waals surface area contributed by atoms with Crippen LogP contribution in [0.4, 0.5) is 0 Å². The molecule has 0 unspecified atom stereocenters. The maximum atomic E-state index is 12.8. The summed E-state index contributed by atoms with van der Waals surface area (Å²) in [6, 6.07) is 0. The first-order valence-corrected chi connectivity index (χ1v) is 15.5. The monoisotopic (exact) mass is 668 g/mol. The van der Waals surface area contributed by atoms with E-state index in [9.17, 15) is 33.6 Å². The van der Waals surface area contributed by atoms with Crippen molar-refractivity contribution in [2.24, 2.45) is 0 Å². The van der Waals surface area contributed by atoms with Gasteiger partial charge in [-0.25, -0.2) is 28.8 Å². The van der Waals surface area contributed by atoms with Gasteiger partial charge in [0.15, 0.2) is 0 Å². The lowest BCUT2D eigenvalue weighted by atomic mass is 9.87. The molecule has 4 fully saturated rings. The second-order valence-corrected chi connectivity index (χ2v) is 11.4. The van der Waals surface area contributed by atoms with Gasteiger partial charge in [-0.1, -0.05) is 49.5 Å². The number of hydrogen-bond donors (Lipinski definition) is 0. The molecule has 256 valence electrons. The van der Waals surface area contributed by atoms with E-state index in [0.29, 0.717) is 6.42 Å². The van der Waals surface area contributed by atoms with Gasteiger partial charge < -0.3 is 33.2 Å². The Kier molecular flexibility index (Phi) is 11.2. The van der Waals surface area contributed by atoms with Gasteiger partial charge in [-0.3, -0.25) is 4.79 Å². The molecule has 4 aliphatic rings. The zero-order valence-corrected chi connectivity index (χ0v) is 26.8. The predicted octanol–water partition coefficient (Wildman–Crippen LogP) is 3.56. The average molecular weight is 669 g/mol. The molecule has 0 N–H and O–H groups in total. The molecule has 0 amide bonds. The third-order valence-corrected chi connectivity index (χ3v) is 7.61. The maximum Gasteiger partial charge on any atom is 0.348 e. The fourth-order valence-electron chi connectivity index (χ4n) is 5.04. The van der Waals surface area contributed by atoms with E-state index in [1.165, 1.54) is 37.3 Å². The second kappa shape index (κ2) is 15.1. The molecule has 0 aromatic carbocycles. The van der Waals surface area contributed by atoms with Crippen LogP contribution in [-0.4, -0.2) is 65.8 Å². The van der Waals surface area contributed by atoms with Crippen molar-refractivity contribution in [3.63, 3.8) is 0 Å². The van der Waals surface area contributed by atoms with E-state index in [4.69, 9.17) is 33.2 Å². The summed E-state index contributed by atoms with van der Waals surface area (Å²) in [5, 5.41) is 0. The van der Waals surface area contributed by atoms with Gasteiger partial charge in [0.05, 0.1) is 13.0 Å². The van der Waals surface area contributed by atoms with Crippen molar-refractivity contribution < 1.29 is 66.7 Å². The van der Waals surface area contributed by atoms with Crippen LogP contribution in [0.15, 0.2) is 71.4 Å². The topological polar surface area (TPSA) is 184 Å². The van der Waals surface area contributed by atoms with E-state index < -0.39 is 59.1 Å². The van der Waals surface area contributed by atoms with Crippen molar-refractivity contribution in [1.82, 2.24) is 0 Å². The summed E-state index contributed by atoms with van der Waals surface area (Å²) in [7, 11) is 0. The summed E-state index contributed by atoms with van der Waals surface area (Å²) in [6.45, 7) is 5.28. The summed E-state index contributed by atoms with van der Waals surface area (Å²) in [6.07, 6.45) is 13.3. The van der Waals surface area contributed by atoms with E-state index in [1.54, 1.807) is 18.2 Å². The van der Waals surface area contributed by atoms with Crippen LogP contribution in [0.5, 0.6) is 0 Å². The number of carbonyl (C=O) groups excluding carboxylic acids is 7. The van der Waals surface area contributed by atoms with Gasteiger partial charge >= 0.3 is 41.8 Å². The SMILES string of the molecule is CC=CC=CC=C1C(=O)OC2(CCC3(CC2)OC(=O)C(=CCC=CC=C2C(=O)OC(C)(CCC(=O)OCCC)OC2=O)C(=O)O3)OC1=O. The van der Waals surface area contributed by atoms with Crippen LogP contribution in [0.3, 0.4) is 0 Å². The molecular weight excluding hydrogens is 632 g/mol. The molecular formula is C34H36O14. The van der Waals surface area contributed by atoms with Crippen molar-refractivity contribution in [2.45, 2.75) is 89.5 Å². The largest absolute Gasteiger partial charge is 0.466 e. The van der Waals surface area contributed by atoms with Crippen LogP contribution in [0.1, 0.15) is 72.1 Å². The zero-order chi connectivity index (χ0) is 35.0. The number of allylic oxidation sites excluding steroid dienone is 9. The van der Waals surface area contributed by atoms with Crippen LogP contribution in [0, 0.1) is 0 Å². The molecule has 14 heteroatoms. The molecule has 3 saturated heterocycles. The van der Waals surface area contributed by atoms with Gasteiger partial charge in [0.1, 0.15) is 16.7 Å². The molecule has 4 rings (SSSR count). The highest BCUT2D eigenvalue weighted by Gasteiger charge is 2.56. The smallest absolute Gasteiger partial charge is 0.348 e. The molecule has 1 aliphatic carbocycles. The summed E-state index contributed by atoms with van der Waals surface area (Å²) >= 11 is 0. The van der Waals surface area contributed by atoms with E-state index >= 15 is 0 Å². The van der Waals surface area contributed by atoms with Crippen molar-refractivity contribution >= 4 is 41.8 Å². The summed E-state index contributed by atoms with van der Waals surface area (Å²) < 4.78 is 37.3. The van der Waals surface area contributed by atoms with E-state index in [-0.39, 0.29) is 68.3 Å². The molecule has 0 bridgehead atoms. The minimum atomic E-state index is -1.63. The molecule has 0 radical (unpaired) electrons. The molecule has 0 aromatic rings. The molecule has 48 heavy (non-hydrogen) atoms. The van der Waals surface area contributed by atoms with E-state index in [0.717, 1.165) is 6.08 Å². The van der Waals surface area contributed by atoms with E-state index in [2.05, 4.69) is 0 Å².